The molecule has 3 heterocycles. The van der Waals surface area contributed by atoms with Gasteiger partial charge < -0.3 is 15.4 Å². The Morgan fingerprint density at radius 2 is 1.90 bits per heavy atom. The number of aryl methyl sites for hydroxylation is 1. The lowest BCUT2D eigenvalue weighted by Crippen LogP contribution is -2.20. The van der Waals surface area contributed by atoms with Gasteiger partial charge in [-0.25, -0.2) is 4.68 Å². The van der Waals surface area contributed by atoms with E-state index in [0.29, 0.717) is 12.5 Å². The molecule has 2 N–H and O–H groups in total. The number of rotatable bonds is 6. The number of aromatic nitrogens is 4. The molecule has 0 aliphatic carbocycles. The van der Waals surface area contributed by atoms with Crippen molar-refractivity contribution >= 4 is 28.5 Å². The summed E-state index contributed by atoms with van der Waals surface area (Å²) in [5.74, 6) is 1.28. The maximum absolute atomic E-state index is 5.73. The molecule has 0 bridgehead atoms. The lowest BCUT2D eigenvalue weighted by Gasteiger charge is -2.13. The van der Waals surface area contributed by atoms with Crippen molar-refractivity contribution in [1.29, 1.82) is 0 Å². The molecule has 0 spiro atoms. The quantitative estimate of drug-likeness (QED) is 0.498. The van der Waals surface area contributed by atoms with Crippen LogP contribution in [0.1, 0.15) is 18.4 Å². The van der Waals surface area contributed by atoms with Crippen molar-refractivity contribution in [3.05, 3.63) is 66.4 Å². The first kappa shape index (κ1) is 18.6. The van der Waals surface area contributed by atoms with Crippen LogP contribution in [-0.2, 0) is 4.74 Å². The SMILES string of the molecule is Cc1ccc(Nc2nc(NC[C@@H]3CCCO3)nc3c2cnn3-c2ccccc2)cc1. The van der Waals surface area contributed by atoms with Crippen LogP contribution in [-0.4, -0.2) is 39.0 Å². The third-order valence-corrected chi connectivity index (χ3v) is 5.26. The van der Waals surface area contributed by atoms with Crippen molar-refractivity contribution in [2.45, 2.75) is 25.9 Å². The molecule has 1 fully saturated rings. The summed E-state index contributed by atoms with van der Waals surface area (Å²) in [4.78, 5) is 9.52. The summed E-state index contributed by atoms with van der Waals surface area (Å²) in [6.45, 7) is 3.59. The van der Waals surface area contributed by atoms with Gasteiger partial charge >= 0.3 is 0 Å². The number of para-hydroxylation sites is 1. The number of ether oxygens (including phenoxy) is 1. The number of fused-ring (bicyclic) bond motifs is 1. The summed E-state index contributed by atoms with van der Waals surface area (Å²) >= 11 is 0. The third-order valence-electron chi connectivity index (χ3n) is 5.26. The number of anilines is 3. The van der Waals surface area contributed by atoms with E-state index in [1.807, 2.05) is 53.3 Å². The van der Waals surface area contributed by atoms with Gasteiger partial charge in [0, 0.05) is 18.8 Å². The van der Waals surface area contributed by atoms with E-state index in [2.05, 4.69) is 34.8 Å². The van der Waals surface area contributed by atoms with Crippen molar-refractivity contribution < 1.29 is 4.74 Å². The fraction of sp³-hybridized carbons (Fsp3) is 0.261. The summed E-state index contributed by atoms with van der Waals surface area (Å²) in [6, 6.07) is 18.2. The van der Waals surface area contributed by atoms with Crippen LogP contribution in [0.25, 0.3) is 16.7 Å². The Morgan fingerprint density at radius 3 is 2.67 bits per heavy atom. The zero-order chi connectivity index (χ0) is 20.3. The molecule has 7 heteroatoms. The van der Waals surface area contributed by atoms with Gasteiger partial charge in [0.25, 0.3) is 0 Å². The molecule has 152 valence electrons. The Bertz CT molecular complexity index is 1130. The molecule has 30 heavy (non-hydrogen) atoms. The van der Waals surface area contributed by atoms with Crippen molar-refractivity contribution in [1.82, 2.24) is 19.7 Å². The number of benzene rings is 2. The van der Waals surface area contributed by atoms with E-state index in [1.54, 1.807) is 0 Å². The van der Waals surface area contributed by atoms with Crippen LogP contribution in [0.2, 0.25) is 0 Å². The highest BCUT2D eigenvalue weighted by Gasteiger charge is 2.18. The fourth-order valence-electron chi connectivity index (χ4n) is 3.62. The van der Waals surface area contributed by atoms with E-state index in [1.165, 1.54) is 5.56 Å². The van der Waals surface area contributed by atoms with Gasteiger partial charge in [0.05, 0.1) is 23.4 Å². The molecule has 0 radical (unpaired) electrons. The van der Waals surface area contributed by atoms with Crippen LogP contribution in [0, 0.1) is 6.92 Å². The fourth-order valence-corrected chi connectivity index (χ4v) is 3.62. The Morgan fingerprint density at radius 1 is 1.07 bits per heavy atom. The van der Waals surface area contributed by atoms with Crippen molar-refractivity contribution in [3.63, 3.8) is 0 Å². The Hall–Kier alpha value is -3.45. The standard InChI is InChI=1S/C23H24N6O/c1-16-9-11-17(12-10-16)26-21-20-15-25-29(18-6-3-2-4-7-18)22(20)28-23(27-21)24-14-19-8-5-13-30-19/h2-4,6-7,9-12,15,19H,5,8,13-14H2,1H3,(H2,24,26,27,28)/t19-/m0/s1. The molecule has 2 aromatic carbocycles. The maximum atomic E-state index is 5.73. The molecule has 4 aromatic rings. The summed E-state index contributed by atoms with van der Waals surface area (Å²) in [5, 5.41) is 12.2. The highest BCUT2D eigenvalue weighted by molar-refractivity contribution is 5.90. The van der Waals surface area contributed by atoms with Crippen LogP contribution >= 0.6 is 0 Å². The minimum Gasteiger partial charge on any atom is -0.376 e. The smallest absolute Gasteiger partial charge is 0.226 e. The first-order valence-corrected chi connectivity index (χ1v) is 10.3. The van der Waals surface area contributed by atoms with Crippen molar-refractivity contribution in [3.8, 4) is 5.69 Å². The van der Waals surface area contributed by atoms with E-state index in [4.69, 9.17) is 14.7 Å². The first-order valence-electron chi connectivity index (χ1n) is 10.3. The number of nitrogens with zero attached hydrogens (tertiary/aromatic N) is 4. The largest absolute Gasteiger partial charge is 0.376 e. The second-order valence-electron chi connectivity index (χ2n) is 7.53. The van der Waals surface area contributed by atoms with E-state index < -0.39 is 0 Å². The van der Waals surface area contributed by atoms with Crippen LogP contribution in [0.4, 0.5) is 17.5 Å². The molecule has 0 amide bonds. The molecule has 1 atom stereocenters. The van der Waals surface area contributed by atoms with E-state index >= 15 is 0 Å². The van der Waals surface area contributed by atoms with Crippen LogP contribution < -0.4 is 10.6 Å². The molecular formula is C23H24N6O. The van der Waals surface area contributed by atoms with Crippen LogP contribution in [0.3, 0.4) is 0 Å². The molecule has 0 unspecified atom stereocenters. The van der Waals surface area contributed by atoms with Gasteiger partial charge in [-0.2, -0.15) is 15.1 Å². The van der Waals surface area contributed by atoms with Crippen molar-refractivity contribution in [2.75, 3.05) is 23.8 Å². The predicted octanol–water partition coefficient (Wildman–Crippen LogP) is 4.46. The Balaban J connectivity index is 1.54. The zero-order valence-electron chi connectivity index (χ0n) is 16.9. The number of hydrogen-bond donors (Lipinski definition) is 2. The van der Waals surface area contributed by atoms with Gasteiger partial charge in [-0.1, -0.05) is 35.9 Å². The van der Waals surface area contributed by atoms with Crippen LogP contribution in [0.5, 0.6) is 0 Å². The lowest BCUT2D eigenvalue weighted by atomic mass is 10.2. The zero-order valence-corrected chi connectivity index (χ0v) is 16.9. The summed E-state index contributed by atoms with van der Waals surface area (Å²) in [5.41, 5.74) is 3.89. The van der Waals surface area contributed by atoms with Gasteiger partial charge in [0.15, 0.2) is 5.65 Å². The van der Waals surface area contributed by atoms with Crippen LogP contribution in [0.15, 0.2) is 60.8 Å². The molecule has 1 aliphatic rings. The number of hydrogen-bond acceptors (Lipinski definition) is 6. The van der Waals surface area contributed by atoms with E-state index in [0.717, 1.165) is 47.7 Å². The van der Waals surface area contributed by atoms with Gasteiger partial charge in [-0.3, -0.25) is 0 Å². The molecule has 2 aromatic heterocycles. The topological polar surface area (TPSA) is 76.9 Å². The van der Waals surface area contributed by atoms with E-state index in [-0.39, 0.29) is 6.10 Å². The molecule has 5 rings (SSSR count). The average molecular weight is 400 g/mol. The van der Waals surface area contributed by atoms with Gasteiger partial charge in [-0.15, -0.1) is 0 Å². The molecule has 0 saturated carbocycles. The van der Waals surface area contributed by atoms with Gasteiger partial charge in [-0.05, 0) is 44.0 Å². The second kappa shape index (κ2) is 8.12. The highest BCUT2D eigenvalue weighted by atomic mass is 16.5. The predicted molar refractivity (Wildman–Crippen MR) is 119 cm³/mol. The van der Waals surface area contributed by atoms with E-state index in [9.17, 15) is 0 Å². The summed E-state index contributed by atoms with van der Waals surface area (Å²) in [6.07, 6.45) is 4.18. The monoisotopic (exact) mass is 400 g/mol. The Labute approximate surface area is 175 Å². The minimum absolute atomic E-state index is 0.205. The van der Waals surface area contributed by atoms with Gasteiger partial charge in [0.2, 0.25) is 5.95 Å². The second-order valence-corrected chi connectivity index (χ2v) is 7.53. The average Bonchev–Trinajstić information content (AvgIpc) is 3.44. The van der Waals surface area contributed by atoms with Crippen molar-refractivity contribution in [2.24, 2.45) is 0 Å². The third kappa shape index (κ3) is 3.84. The normalized spacial score (nSPS) is 16.1. The Kier molecular flexibility index (Phi) is 5.03. The molecule has 7 nitrogen and oxygen atoms in total. The summed E-state index contributed by atoms with van der Waals surface area (Å²) in [7, 11) is 0. The maximum Gasteiger partial charge on any atom is 0.226 e. The summed E-state index contributed by atoms with van der Waals surface area (Å²) < 4.78 is 7.57. The first-order chi connectivity index (χ1) is 14.8. The molecule has 1 saturated heterocycles. The lowest BCUT2D eigenvalue weighted by molar-refractivity contribution is 0.120. The molecule has 1 aliphatic heterocycles. The van der Waals surface area contributed by atoms with Gasteiger partial charge in [0.1, 0.15) is 5.82 Å². The minimum atomic E-state index is 0.205. The number of nitrogens with one attached hydrogen (secondary N) is 2. The highest BCUT2D eigenvalue weighted by Crippen LogP contribution is 2.27. The molecular weight excluding hydrogens is 376 g/mol.